The number of hydrogen-bond acceptors (Lipinski definition) is 4. The fourth-order valence-electron chi connectivity index (χ4n) is 3.55. The molecule has 0 N–H and O–H groups in total. The fraction of sp³-hybridized carbons (Fsp3) is 0.263. The van der Waals surface area contributed by atoms with E-state index in [-0.39, 0.29) is 17.5 Å². The van der Waals surface area contributed by atoms with Gasteiger partial charge in [0.2, 0.25) is 5.91 Å². The van der Waals surface area contributed by atoms with Crippen LogP contribution in [0.2, 0.25) is 0 Å². The molecule has 2 heterocycles. The van der Waals surface area contributed by atoms with Crippen molar-refractivity contribution in [3.8, 4) is 0 Å². The SMILES string of the molecule is O=C1CCCN1c1ccc(C(=O)N2CCc3ccc([N+](=O)[O-])cc32)cc1. The largest absolute Gasteiger partial charge is 0.312 e. The zero-order valence-corrected chi connectivity index (χ0v) is 14.1. The number of hydrogen-bond donors (Lipinski definition) is 0. The second-order valence-electron chi connectivity index (χ2n) is 6.47. The minimum absolute atomic E-state index is 0.0219. The van der Waals surface area contributed by atoms with Crippen LogP contribution in [0.1, 0.15) is 28.8 Å². The predicted molar refractivity (Wildman–Crippen MR) is 96.5 cm³/mol. The van der Waals surface area contributed by atoms with Gasteiger partial charge >= 0.3 is 0 Å². The third-order valence-corrected chi connectivity index (χ3v) is 4.92. The van der Waals surface area contributed by atoms with Gasteiger partial charge in [0, 0.05) is 42.9 Å². The van der Waals surface area contributed by atoms with Crippen molar-refractivity contribution in [3.05, 3.63) is 63.7 Å². The number of anilines is 2. The first-order valence-corrected chi connectivity index (χ1v) is 8.54. The second-order valence-corrected chi connectivity index (χ2v) is 6.47. The Labute approximate surface area is 150 Å². The van der Waals surface area contributed by atoms with E-state index in [1.807, 2.05) is 0 Å². The number of fused-ring (bicyclic) bond motifs is 1. The molecule has 26 heavy (non-hydrogen) atoms. The minimum Gasteiger partial charge on any atom is -0.312 e. The number of rotatable bonds is 3. The standard InChI is InChI=1S/C19H17N3O4/c23-18-2-1-10-20(18)15-6-4-14(5-7-15)19(24)21-11-9-13-3-8-16(22(25)26)12-17(13)21/h3-8,12H,1-2,9-11H2. The summed E-state index contributed by atoms with van der Waals surface area (Å²) in [4.78, 5) is 38.5. The van der Waals surface area contributed by atoms with Gasteiger partial charge in [-0.15, -0.1) is 0 Å². The van der Waals surface area contributed by atoms with Gasteiger partial charge in [0.1, 0.15) is 0 Å². The van der Waals surface area contributed by atoms with Crippen LogP contribution in [-0.4, -0.2) is 29.8 Å². The molecule has 0 saturated carbocycles. The van der Waals surface area contributed by atoms with E-state index in [4.69, 9.17) is 0 Å². The summed E-state index contributed by atoms with van der Waals surface area (Å²) < 4.78 is 0. The van der Waals surface area contributed by atoms with Crippen LogP contribution >= 0.6 is 0 Å². The highest BCUT2D eigenvalue weighted by atomic mass is 16.6. The first-order valence-electron chi connectivity index (χ1n) is 8.54. The Morgan fingerprint density at radius 1 is 1.04 bits per heavy atom. The third kappa shape index (κ3) is 2.71. The molecule has 4 rings (SSSR count). The van der Waals surface area contributed by atoms with Gasteiger partial charge in [-0.1, -0.05) is 6.07 Å². The molecule has 0 radical (unpaired) electrons. The summed E-state index contributed by atoms with van der Waals surface area (Å²) >= 11 is 0. The van der Waals surface area contributed by atoms with Crippen LogP contribution in [0.5, 0.6) is 0 Å². The van der Waals surface area contributed by atoms with Gasteiger partial charge in [0.05, 0.1) is 10.6 Å². The first kappa shape index (κ1) is 16.3. The highest BCUT2D eigenvalue weighted by molar-refractivity contribution is 6.08. The maximum atomic E-state index is 12.9. The van der Waals surface area contributed by atoms with Crippen molar-refractivity contribution in [2.75, 3.05) is 22.9 Å². The van der Waals surface area contributed by atoms with Gasteiger partial charge in [-0.2, -0.15) is 0 Å². The monoisotopic (exact) mass is 351 g/mol. The summed E-state index contributed by atoms with van der Waals surface area (Å²) in [6.45, 7) is 1.21. The summed E-state index contributed by atoms with van der Waals surface area (Å²) in [5.41, 5.74) is 2.80. The Kier molecular flexibility index (Phi) is 3.91. The van der Waals surface area contributed by atoms with Gasteiger partial charge in [-0.05, 0) is 42.7 Å². The lowest BCUT2D eigenvalue weighted by molar-refractivity contribution is -0.384. The molecule has 1 saturated heterocycles. The summed E-state index contributed by atoms with van der Waals surface area (Å²) in [5.74, 6) is -0.0894. The summed E-state index contributed by atoms with van der Waals surface area (Å²) in [7, 11) is 0. The maximum Gasteiger partial charge on any atom is 0.271 e. The number of non-ortho nitro benzene ring substituents is 1. The second kappa shape index (κ2) is 6.25. The van der Waals surface area contributed by atoms with E-state index in [2.05, 4.69) is 0 Å². The number of carbonyl (C=O) groups is 2. The van der Waals surface area contributed by atoms with Gasteiger partial charge < -0.3 is 9.80 Å². The van der Waals surface area contributed by atoms with Gasteiger partial charge in [0.15, 0.2) is 0 Å². The fourth-order valence-corrected chi connectivity index (χ4v) is 3.55. The molecule has 0 spiro atoms. The van der Waals surface area contributed by atoms with Crippen LogP contribution in [-0.2, 0) is 11.2 Å². The Balaban J connectivity index is 1.59. The van der Waals surface area contributed by atoms with Crippen LogP contribution < -0.4 is 9.80 Å². The third-order valence-electron chi connectivity index (χ3n) is 4.92. The zero-order chi connectivity index (χ0) is 18.3. The molecule has 1 fully saturated rings. The summed E-state index contributed by atoms with van der Waals surface area (Å²) in [6, 6.07) is 11.6. The quantitative estimate of drug-likeness (QED) is 0.629. The molecule has 2 amide bonds. The average molecular weight is 351 g/mol. The maximum absolute atomic E-state index is 12.9. The lowest BCUT2D eigenvalue weighted by atomic mass is 10.1. The lowest BCUT2D eigenvalue weighted by Gasteiger charge is -2.19. The zero-order valence-electron chi connectivity index (χ0n) is 14.1. The molecule has 2 aromatic carbocycles. The molecule has 2 aliphatic heterocycles. The molecular formula is C19H17N3O4. The minimum atomic E-state index is -0.455. The Hall–Kier alpha value is -3.22. The number of benzene rings is 2. The number of carbonyl (C=O) groups excluding carboxylic acids is 2. The van der Waals surface area contributed by atoms with E-state index in [0.717, 1.165) is 17.7 Å². The van der Waals surface area contributed by atoms with E-state index in [9.17, 15) is 19.7 Å². The Morgan fingerprint density at radius 2 is 1.81 bits per heavy atom. The molecule has 0 bridgehead atoms. The lowest BCUT2D eigenvalue weighted by Crippen LogP contribution is -2.29. The Morgan fingerprint density at radius 3 is 2.46 bits per heavy atom. The molecular weight excluding hydrogens is 334 g/mol. The van der Waals surface area contributed by atoms with Crippen molar-refractivity contribution in [2.45, 2.75) is 19.3 Å². The molecule has 0 aromatic heterocycles. The average Bonchev–Trinajstić information content (AvgIpc) is 3.26. The molecule has 0 atom stereocenters. The van der Waals surface area contributed by atoms with E-state index in [1.165, 1.54) is 12.1 Å². The topological polar surface area (TPSA) is 83.8 Å². The molecule has 0 unspecified atom stereocenters. The van der Waals surface area contributed by atoms with Crippen LogP contribution in [0.25, 0.3) is 0 Å². The number of nitro benzene ring substituents is 1. The van der Waals surface area contributed by atoms with Gasteiger partial charge in [-0.3, -0.25) is 19.7 Å². The number of amides is 2. The molecule has 2 aromatic rings. The van der Waals surface area contributed by atoms with Crippen LogP contribution in [0.15, 0.2) is 42.5 Å². The van der Waals surface area contributed by atoms with Crippen molar-refractivity contribution in [1.29, 1.82) is 0 Å². The highest BCUT2D eigenvalue weighted by Gasteiger charge is 2.28. The smallest absolute Gasteiger partial charge is 0.271 e. The Bertz CT molecular complexity index is 908. The first-order chi connectivity index (χ1) is 12.5. The normalized spacial score (nSPS) is 16.1. The molecule has 0 aliphatic carbocycles. The summed E-state index contributed by atoms with van der Waals surface area (Å²) in [6.07, 6.45) is 2.09. The van der Waals surface area contributed by atoms with Gasteiger partial charge in [-0.25, -0.2) is 0 Å². The van der Waals surface area contributed by atoms with Crippen molar-refractivity contribution < 1.29 is 14.5 Å². The predicted octanol–water partition coefficient (Wildman–Crippen LogP) is 2.92. The van der Waals surface area contributed by atoms with Crippen molar-refractivity contribution in [3.63, 3.8) is 0 Å². The van der Waals surface area contributed by atoms with Gasteiger partial charge in [0.25, 0.3) is 11.6 Å². The molecule has 132 valence electrons. The number of nitrogens with zero attached hydrogens (tertiary/aromatic N) is 3. The van der Waals surface area contributed by atoms with E-state index >= 15 is 0 Å². The van der Waals surface area contributed by atoms with Crippen LogP contribution in [0, 0.1) is 10.1 Å². The van der Waals surface area contributed by atoms with E-state index in [1.54, 1.807) is 40.1 Å². The van der Waals surface area contributed by atoms with E-state index < -0.39 is 4.92 Å². The molecule has 7 nitrogen and oxygen atoms in total. The van der Waals surface area contributed by atoms with Crippen LogP contribution in [0.4, 0.5) is 17.1 Å². The molecule has 7 heteroatoms. The summed E-state index contributed by atoms with van der Waals surface area (Å²) in [5, 5.41) is 11.0. The van der Waals surface area contributed by atoms with Crippen molar-refractivity contribution in [2.24, 2.45) is 0 Å². The highest BCUT2D eigenvalue weighted by Crippen LogP contribution is 2.33. The molecule has 2 aliphatic rings. The van der Waals surface area contributed by atoms with Crippen LogP contribution in [0.3, 0.4) is 0 Å². The van der Waals surface area contributed by atoms with Crippen molar-refractivity contribution >= 4 is 28.9 Å². The van der Waals surface area contributed by atoms with Crippen molar-refractivity contribution in [1.82, 2.24) is 0 Å². The number of nitro groups is 1. The van der Waals surface area contributed by atoms with E-state index in [0.29, 0.717) is 37.2 Å².